The van der Waals surface area contributed by atoms with E-state index in [2.05, 4.69) is 0 Å². The zero-order valence-corrected chi connectivity index (χ0v) is 22.0. The zero-order valence-electron chi connectivity index (χ0n) is 22.0. The number of nitrogens with zero attached hydrogens (tertiary/aromatic N) is 4. The lowest BCUT2D eigenvalue weighted by Gasteiger charge is -2.34. The van der Waals surface area contributed by atoms with Gasteiger partial charge in [0.2, 0.25) is 0 Å². The molecule has 1 aliphatic heterocycles. The fourth-order valence-corrected chi connectivity index (χ4v) is 4.95. The molecule has 0 saturated carbocycles. The molecule has 1 fully saturated rings. The molecular weight excluding hydrogens is 515 g/mol. The zero-order chi connectivity index (χ0) is 28.4. The number of piperazine rings is 1. The number of non-ortho nitro benzene ring substituents is 1. The largest absolute Gasteiger partial charge is 0.497 e. The van der Waals surface area contributed by atoms with E-state index in [0.717, 1.165) is 5.56 Å². The molecule has 0 N–H and O–H groups in total. The summed E-state index contributed by atoms with van der Waals surface area (Å²) in [5.41, 5.74) is 3.05. The minimum atomic E-state index is -0.514. The van der Waals surface area contributed by atoms with Crippen LogP contribution >= 0.6 is 0 Å². The van der Waals surface area contributed by atoms with Gasteiger partial charge in [-0.2, -0.15) is 0 Å². The average Bonchev–Trinajstić information content (AvgIpc) is 3.33. The number of hydrogen-bond donors (Lipinski definition) is 0. The molecule has 10 heteroatoms. The van der Waals surface area contributed by atoms with Crippen LogP contribution in [0.2, 0.25) is 0 Å². The fourth-order valence-electron chi connectivity index (χ4n) is 4.95. The van der Waals surface area contributed by atoms with Crippen LogP contribution in [-0.2, 0) is 0 Å². The number of nitro groups is 1. The van der Waals surface area contributed by atoms with Crippen molar-refractivity contribution >= 4 is 17.5 Å². The van der Waals surface area contributed by atoms with Gasteiger partial charge >= 0.3 is 0 Å². The van der Waals surface area contributed by atoms with Crippen LogP contribution in [0.15, 0.2) is 78.9 Å². The molecule has 5 rings (SSSR count). The van der Waals surface area contributed by atoms with Gasteiger partial charge in [0.1, 0.15) is 11.6 Å². The van der Waals surface area contributed by atoms with Crippen LogP contribution in [-0.4, -0.2) is 64.4 Å². The van der Waals surface area contributed by atoms with E-state index in [1.54, 1.807) is 52.7 Å². The summed E-state index contributed by atoms with van der Waals surface area (Å²) in [5, 5.41) is 10.9. The number of rotatable bonds is 6. The highest BCUT2D eigenvalue weighted by molar-refractivity contribution is 5.98. The van der Waals surface area contributed by atoms with Crippen molar-refractivity contribution in [3.05, 3.63) is 112 Å². The molecule has 2 amide bonds. The van der Waals surface area contributed by atoms with Crippen molar-refractivity contribution in [1.82, 2.24) is 14.4 Å². The van der Waals surface area contributed by atoms with Crippen molar-refractivity contribution in [2.75, 3.05) is 33.3 Å². The molecule has 40 heavy (non-hydrogen) atoms. The Morgan fingerprint density at radius 3 is 2.15 bits per heavy atom. The second-order valence-electron chi connectivity index (χ2n) is 9.44. The Morgan fingerprint density at radius 2 is 1.52 bits per heavy atom. The van der Waals surface area contributed by atoms with Crippen LogP contribution in [0.3, 0.4) is 0 Å². The normalized spacial score (nSPS) is 13.3. The van der Waals surface area contributed by atoms with Gasteiger partial charge in [-0.3, -0.25) is 19.7 Å². The highest BCUT2D eigenvalue weighted by Crippen LogP contribution is 2.33. The standard InChI is InChI=1S/C30H27FN4O5/c1-20-25(19-28(22-6-5-7-24(18-22)40-2)34(20)27-9-4-3-8-26(27)31)30(37)33-16-14-32(15-17-33)29(36)21-10-12-23(13-11-21)35(38)39/h3-13,18-19H,14-17H2,1-2H3. The van der Waals surface area contributed by atoms with Gasteiger partial charge in [0.05, 0.1) is 29.0 Å². The molecule has 1 aliphatic rings. The summed E-state index contributed by atoms with van der Waals surface area (Å²) < 4.78 is 22.1. The maximum absolute atomic E-state index is 15.0. The molecule has 2 heterocycles. The molecule has 3 aromatic carbocycles. The Morgan fingerprint density at radius 1 is 0.875 bits per heavy atom. The number of amides is 2. The maximum Gasteiger partial charge on any atom is 0.269 e. The molecule has 9 nitrogen and oxygen atoms in total. The molecule has 1 saturated heterocycles. The van der Waals surface area contributed by atoms with Gasteiger partial charge in [-0.05, 0) is 49.4 Å². The van der Waals surface area contributed by atoms with Crippen molar-refractivity contribution in [2.45, 2.75) is 6.92 Å². The SMILES string of the molecule is COc1cccc(-c2cc(C(=O)N3CCN(C(=O)c4ccc([N+](=O)[O-])cc4)CC3)c(C)n2-c2ccccc2F)c1. The molecule has 0 bridgehead atoms. The van der Waals surface area contributed by atoms with Crippen molar-refractivity contribution in [2.24, 2.45) is 0 Å². The van der Waals surface area contributed by atoms with Gasteiger partial charge < -0.3 is 19.1 Å². The Bertz CT molecular complexity index is 1590. The lowest BCUT2D eigenvalue weighted by Crippen LogP contribution is -2.50. The van der Waals surface area contributed by atoms with Crippen LogP contribution in [0, 0.1) is 22.9 Å². The van der Waals surface area contributed by atoms with Gasteiger partial charge in [0.25, 0.3) is 17.5 Å². The average molecular weight is 543 g/mol. The van der Waals surface area contributed by atoms with E-state index in [9.17, 15) is 24.1 Å². The number of methoxy groups -OCH3 is 1. The van der Waals surface area contributed by atoms with Crippen LogP contribution in [0.25, 0.3) is 16.9 Å². The summed E-state index contributed by atoms with van der Waals surface area (Å²) in [6.07, 6.45) is 0. The molecule has 0 atom stereocenters. The van der Waals surface area contributed by atoms with E-state index in [1.165, 1.54) is 30.3 Å². The minimum absolute atomic E-state index is 0.0852. The van der Waals surface area contributed by atoms with Gasteiger partial charge in [-0.1, -0.05) is 24.3 Å². The van der Waals surface area contributed by atoms with Crippen LogP contribution in [0.5, 0.6) is 5.75 Å². The molecular formula is C30H27FN4O5. The Labute approximate surface area is 230 Å². The van der Waals surface area contributed by atoms with E-state index in [1.807, 2.05) is 24.3 Å². The summed E-state index contributed by atoms with van der Waals surface area (Å²) in [5.74, 6) is -0.232. The number of carbonyl (C=O) groups excluding carboxylic acids is 2. The molecule has 1 aromatic heterocycles. The monoisotopic (exact) mass is 542 g/mol. The first-order valence-electron chi connectivity index (χ1n) is 12.7. The van der Waals surface area contributed by atoms with Crippen molar-refractivity contribution in [3.8, 4) is 22.7 Å². The van der Waals surface area contributed by atoms with E-state index in [-0.39, 0.29) is 17.5 Å². The molecule has 0 spiro atoms. The predicted molar refractivity (Wildman–Crippen MR) is 147 cm³/mol. The number of ether oxygens (including phenoxy) is 1. The summed E-state index contributed by atoms with van der Waals surface area (Å²) in [6, 6.07) is 21.0. The third kappa shape index (κ3) is 5.03. The quantitative estimate of drug-likeness (QED) is 0.249. The van der Waals surface area contributed by atoms with E-state index in [4.69, 9.17) is 4.74 Å². The summed E-state index contributed by atoms with van der Waals surface area (Å²) in [4.78, 5) is 40.4. The summed E-state index contributed by atoms with van der Waals surface area (Å²) in [7, 11) is 1.57. The third-order valence-corrected chi connectivity index (χ3v) is 7.12. The number of carbonyl (C=O) groups is 2. The number of benzene rings is 3. The second-order valence-corrected chi connectivity index (χ2v) is 9.44. The van der Waals surface area contributed by atoms with Crippen molar-refractivity contribution in [1.29, 1.82) is 0 Å². The van der Waals surface area contributed by atoms with Gasteiger partial charge in [0.15, 0.2) is 0 Å². The van der Waals surface area contributed by atoms with E-state index >= 15 is 0 Å². The van der Waals surface area contributed by atoms with Crippen molar-refractivity contribution < 1.29 is 23.6 Å². The van der Waals surface area contributed by atoms with Crippen LogP contribution in [0.1, 0.15) is 26.4 Å². The molecule has 4 aromatic rings. The molecule has 0 aliphatic carbocycles. The molecule has 0 radical (unpaired) electrons. The van der Waals surface area contributed by atoms with Gasteiger partial charge in [-0.25, -0.2) is 4.39 Å². The number of aromatic nitrogens is 1. The number of nitro benzene ring substituents is 1. The first-order valence-corrected chi connectivity index (χ1v) is 12.7. The number of halogens is 1. The highest BCUT2D eigenvalue weighted by Gasteiger charge is 2.29. The van der Waals surface area contributed by atoms with E-state index < -0.39 is 10.7 Å². The third-order valence-electron chi connectivity index (χ3n) is 7.12. The summed E-state index contributed by atoms with van der Waals surface area (Å²) >= 11 is 0. The lowest BCUT2D eigenvalue weighted by molar-refractivity contribution is -0.384. The predicted octanol–water partition coefficient (Wildman–Crippen LogP) is 5.11. The Balaban J connectivity index is 1.40. The van der Waals surface area contributed by atoms with Gasteiger partial charge in [0, 0.05) is 55.1 Å². The van der Waals surface area contributed by atoms with Crippen LogP contribution in [0.4, 0.5) is 10.1 Å². The highest BCUT2D eigenvalue weighted by atomic mass is 19.1. The first-order chi connectivity index (χ1) is 19.3. The van der Waals surface area contributed by atoms with Gasteiger partial charge in [-0.15, -0.1) is 0 Å². The topological polar surface area (TPSA) is 97.9 Å². The number of para-hydroxylation sites is 1. The summed E-state index contributed by atoms with van der Waals surface area (Å²) in [6.45, 7) is 3.05. The molecule has 0 unspecified atom stereocenters. The lowest BCUT2D eigenvalue weighted by atomic mass is 10.1. The van der Waals surface area contributed by atoms with Crippen LogP contribution < -0.4 is 4.74 Å². The fraction of sp³-hybridized carbons (Fsp3) is 0.200. The van der Waals surface area contributed by atoms with E-state index in [0.29, 0.717) is 60.1 Å². The second kappa shape index (κ2) is 11.0. The minimum Gasteiger partial charge on any atom is -0.497 e. The molecule has 204 valence electrons. The smallest absolute Gasteiger partial charge is 0.269 e. The number of hydrogen-bond acceptors (Lipinski definition) is 5. The maximum atomic E-state index is 15.0. The Kier molecular flexibility index (Phi) is 7.33. The first kappa shape index (κ1) is 26.6. The Hall–Kier alpha value is -4.99. The van der Waals surface area contributed by atoms with Crippen molar-refractivity contribution in [3.63, 3.8) is 0 Å².